The predicted molar refractivity (Wildman–Crippen MR) is 128 cm³/mol. The summed E-state index contributed by atoms with van der Waals surface area (Å²) in [7, 11) is 0. The van der Waals surface area contributed by atoms with Crippen molar-refractivity contribution >= 4 is 40.6 Å². The van der Waals surface area contributed by atoms with Crippen LogP contribution < -0.4 is 15.0 Å². The van der Waals surface area contributed by atoms with Crippen molar-refractivity contribution in [3.63, 3.8) is 0 Å². The Morgan fingerprint density at radius 1 is 1.03 bits per heavy atom. The van der Waals surface area contributed by atoms with Crippen LogP contribution in [0.4, 0.5) is 16.2 Å². The molecule has 2 heterocycles. The van der Waals surface area contributed by atoms with Crippen LogP contribution in [0.25, 0.3) is 0 Å². The number of hydrogen-bond donors (Lipinski definition) is 1. The first-order valence-electron chi connectivity index (χ1n) is 10.8. The van der Waals surface area contributed by atoms with Crippen LogP contribution in [0.3, 0.4) is 0 Å². The van der Waals surface area contributed by atoms with E-state index in [1.165, 1.54) is 16.2 Å². The number of carbonyl (C=O) groups is 3. The van der Waals surface area contributed by atoms with Crippen molar-refractivity contribution in [2.75, 3.05) is 16.8 Å². The van der Waals surface area contributed by atoms with Crippen LogP contribution in [0.15, 0.2) is 72.1 Å². The molecule has 2 aromatic carbocycles. The number of benzene rings is 2. The summed E-state index contributed by atoms with van der Waals surface area (Å²) in [6, 6.07) is 18.4. The molecule has 0 saturated carbocycles. The van der Waals surface area contributed by atoms with Gasteiger partial charge in [0.2, 0.25) is 5.91 Å². The first kappa shape index (κ1) is 22.5. The average Bonchev–Trinajstić information content (AvgIpc) is 3.42. The molecule has 0 aliphatic carbocycles. The Bertz CT molecular complexity index is 1100. The summed E-state index contributed by atoms with van der Waals surface area (Å²) in [6.45, 7) is 2.93. The Morgan fingerprint density at radius 2 is 1.79 bits per heavy atom. The smallest absolute Gasteiger partial charge is 0.332 e. The van der Waals surface area contributed by atoms with Gasteiger partial charge in [0.15, 0.2) is 0 Å². The molecule has 33 heavy (non-hydrogen) atoms. The van der Waals surface area contributed by atoms with E-state index in [0.717, 1.165) is 21.9 Å². The van der Waals surface area contributed by atoms with Crippen LogP contribution in [0.5, 0.6) is 5.75 Å². The van der Waals surface area contributed by atoms with Gasteiger partial charge in [0.25, 0.3) is 5.91 Å². The summed E-state index contributed by atoms with van der Waals surface area (Å²) in [5.41, 5.74) is 1.10. The standard InChI is InChI=1S/C25H25N3O4S/c1-2-14-32-20-12-10-18(11-13-20)26-23(29)16-22-24(30)28(19-7-4-3-5-8-19)25(31)27(22)17-21-9-6-15-33-21/h3-13,15,22H,2,14,16-17H2,1H3,(H,26,29). The number of nitrogens with zero attached hydrogens (tertiary/aromatic N) is 2. The van der Waals surface area contributed by atoms with Gasteiger partial charge in [-0.3, -0.25) is 9.59 Å². The number of nitrogens with one attached hydrogen (secondary N) is 1. The molecule has 170 valence electrons. The summed E-state index contributed by atoms with van der Waals surface area (Å²) < 4.78 is 5.56. The van der Waals surface area contributed by atoms with Crippen LogP contribution in [0, 0.1) is 0 Å². The molecular formula is C25H25N3O4S. The second-order valence-electron chi connectivity index (χ2n) is 7.64. The van der Waals surface area contributed by atoms with Crippen LogP contribution in [0.2, 0.25) is 0 Å². The monoisotopic (exact) mass is 463 g/mol. The molecule has 1 N–H and O–H groups in total. The maximum absolute atomic E-state index is 13.3. The van der Waals surface area contributed by atoms with Crippen molar-refractivity contribution in [2.24, 2.45) is 0 Å². The number of rotatable bonds is 9. The zero-order valence-electron chi connectivity index (χ0n) is 18.3. The molecule has 1 aliphatic heterocycles. The third kappa shape index (κ3) is 5.23. The van der Waals surface area contributed by atoms with Gasteiger partial charge in [-0.1, -0.05) is 31.2 Å². The highest BCUT2D eigenvalue weighted by Gasteiger charge is 2.46. The fraction of sp³-hybridized carbons (Fsp3) is 0.240. The van der Waals surface area contributed by atoms with Gasteiger partial charge < -0.3 is 15.0 Å². The highest BCUT2D eigenvalue weighted by Crippen LogP contribution is 2.29. The highest BCUT2D eigenvalue weighted by molar-refractivity contribution is 7.09. The van der Waals surface area contributed by atoms with Crippen molar-refractivity contribution in [1.29, 1.82) is 0 Å². The predicted octanol–water partition coefficient (Wildman–Crippen LogP) is 4.90. The Hall–Kier alpha value is -3.65. The summed E-state index contributed by atoms with van der Waals surface area (Å²) in [5.74, 6) is -0.0114. The minimum Gasteiger partial charge on any atom is -0.494 e. The van der Waals surface area contributed by atoms with Crippen molar-refractivity contribution in [3.05, 3.63) is 77.0 Å². The second kappa shape index (κ2) is 10.3. The molecule has 0 radical (unpaired) electrons. The number of urea groups is 1. The fourth-order valence-corrected chi connectivity index (χ4v) is 4.34. The lowest BCUT2D eigenvalue weighted by atomic mass is 10.1. The molecular weight excluding hydrogens is 438 g/mol. The van der Waals surface area contributed by atoms with Gasteiger partial charge in [-0.2, -0.15) is 0 Å². The first-order chi connectivity index (χ1) is 16.1. The molecule has 1 saturated heterocycles. The van der Waals surface area contributed by atoms with E-state index in [4.69, 9.17) is 4.74 Å². The lowest BCUT2D eigenvalue weighted by molar-refractivity contribution is -0.124. The van der Waals surface area contributed by atoms with Gasteiger partial charge in [-0.15, -0.1) is 11.3 Å². The topological polar surface area (TPSA) is 79.0 Å². The lowest BCUT2D eigenvalue weighted by Crippen LogP contribution is -2.37. The molecule has 1 aliphatic rings. The fourth-order valence-electron chi connectivity index (χ4n) is 3.64. The molecule has 3 aromatic rings. The molecule has 1 unspecified atom stereocenters. The van der Waals surface area contributed by atoms with Crippen molar-refractivity contribution < 1.29 is 19.1 Å². The Balaban J connectivity index is 1.50. The van der Waals surface area contributed by atoms with E-state index >= 15 is 0 Å². The molecule has 1 fully saturated rings. The van der Waals surface area contributed by atoms with Crippen LogP contribution in [-0.2, 0) is 16.1 Å². The van der Waals surface area contributed by atoms with Gasteiger partial charge in [-0.05, 0) is 54.3 Å². The van der Waals surface area contributed by atoms with Gasteiger partial charge >= 0.3 is 6.03 Å². The van der Waals surface area contributed by atoms with Crippen LogP contribution in [-0.4, -0.2) is 35.4 Å². The van der Waals surface area contributed by atoms with E-state index in [2.05, 4.69) is 5.32 Å². The Morgan fingerprint density at radius 3 is 2.45 bits per heavy atom. The number of amides is 4. The largest absolute Gasteiger partial charge is 0.494 e. The average molecular weight is 464 g/mol. The molecule has 4 amide bonds. The van der Waals surface area contributed by atoms with Crippen molar-refractivity contribution in [2.45, 2.75) is 32.4 Å². The molecule has 4 rings (SSSR count). The van der Waals surface area contributed by atoms with E-state index < -0.39 is 18.0 Å². The number of anilines is 2. The van der Waals surface area contributed by atoms with Crippen molar-refractivity contribution in [3.8, 4) is 5.75 Å². The summed E-state index contributed by atoms with van der Waals surface area (Å²) in [6.07, 6.45) is 0.780. The zero-order chi connectivity index (χ0) is 23.2. The number of thiophene rings is 1. The molecule has 0 spiro atoms. The van der Waals surface area contributed by atoms with E-state index in [9.17, 15) is 14.4 Å². The van der Waals surface area contributed by atoms with Crippen molar-refractivity contribution in [1.82, 2.24) is 4.90 Å². The first-order valence-corrected chi connectivity index (χ1v) is 11.7. The van der Waals surface area contributed by atoms with E-state index in [1.54, 1.807) is 48.5 Å². The minimum atomic E-state index is -0.882. The summed E-state index contributed by atoms with van der Waals surface area (Å²) in [4.78, 5) is 42.9. The zero-order valence-corrected chi connectivity index (χ0v) is 19.1. The lowest BCUT2D eigenvalue weighted by Gasteiger charge is -2.21. The number of para-hydroxylation sites is 1. The number of hydrogen-bond acceptors (Lipinski definition) is 5. The van der Waals surface area contributed by atoms with E-state index in [0.29, 0.717) is 18.0 Å². The second-order valence-corrected chi connectivity index (χ2v) is 8.67. The molecule has 7 nitrogen and oxygen atoms in total. The van der Waals surface area contributed by atoms with Crippen LogP contribution in [0.1, 0.15) is 24.6 Å². The summed E-state index contributed by atoms with van der Waals surface area (Å²) in [5, 5.41) is 4.74. The minimum absolute atomic E-state index is 0.132. The van der Waals surface area contributed by atoms with E-state index in [1.807, 2.05) is 30.5 Å². The maximum Gasteiger partial charge on any atom is 0.332 e. The number of carbonyl (C=O) groups excluding carboxylic acids is 3. The Labute approximate surface area is 196 Å². The van der Waals surface area contributed by atoms with E-state index in [-0.39, 0.29) is 18.9 Å². The number of imide groups is 1. The Kier molecular flexibility index (Phi) is 7.04. The molecule has 8 heteroatoms. The molecule has 1 atom stereocenters. The van der Waals surface area contributed by atoms with Gasteiger partial charge in [0, 0.05) is 10.6 Å². The normalized spacial score (nSPS) is 15.7. The SMILES string of the molecule is CCCOc1ccc(NC(=O)CC2C(=O)N(c3ccccc3)C(=O)N2Cc2cccs2)cc1. The van der Waals surface area contributed by atoms with Crippen LogP contribution >= 0.6 is 11.3 Å². The number of ether oxygens (including phenoxy) is 1. The van der Waals surface area contributed by atoms with Gasteiger partial charge in [0.05, 0.1) is 25.3 Å². The summed E-state index contributed by atoms with van der Waals surface area (Å²) >= 11 is 1.50. The molecule has 1 aromatic heterocycles. The molecule has 0 bridgehead atoms. The third-order valence-electron chi connectivity index (χ3n) is 5.23. The van der Waals surface area contributed by atoms with Gasteiger partial charge in [0.1, 0.15) is 11.8 Å². The van der Waals surface area contributed by atoms with Gasteiger partial charge in [-0.25, -0.2) is 9.69 Å². The quantitative estimate of drug-likeness (QED) is 0.458. The maximum atomic E-state index is 13.3. The highest BCUT2D eigenvalue weighted by atomic mass is 32.1. The third-order valence-corrected chi connectivity index (χ3v) is 6.09.